The SMILES string of the molecule is CCCCCC#C/C=C(\C=C=O)C(=O)OCC. The monoisotopic (exact) mass is 234 g/mol. The molecule has 0 N–H and O–H groups in total. The number of rotatable bonds is 6. The van der Waals surface area contributed by atoms with E-state index in [4.69, 9.17) is 4.74 Å². The largest absolute Gasteiger partial charge is 0.462 e. The van der Waals surface area contributed by atoms with Crippen molar-refractivity contribution in [3.63, 3.8) is 0 Å². The van der Waals surface area contributed by atoms with Crippen molar-refractivity contribution in [2.45, 2.75) is 39.5 Å². The first-order valence-electron chi connectivity index (χ1n) is 5.82. The summed E-state index contributed by atoms with van der Waals surface area (Å²) >= 11 is 0. The van der Waals surface area contributed by atoms with E-state index in [1.54, 1.807) is 12.9 Å². The van der Waals surface area contributed by atoms with Crippen LogP contribution >= 0.6 is 0 Å². The second kappa shape index (κ2) is 10.7. The van der Waals surface area contributed by atoms with Gasteiger partial charge < -0.3 is 4.74 Å². The van der Waals surface area contributed by atoms with Gasteiger partial charge in [-0.1, -0.05) is 31.6 Å². The Bertz CT molecular complexity index is 363. The summed E-state index contributed by atoms with van der Waals surface area (Å²) in [4.78, 5) is 21.6. The van der Waals surface area contributed by atoms with Crippen LogP contribution in [-0.2, 0) is 14.3 Å². The summed E-state index contributed by atoms with van der Waals surface area (Å²) in [7, 11) is 0. The molecule has 0 aromatic heterocycles. The molecule has 3 nitrogen and oxygen atoms in total. The predicted octanol–water partition coefficient (Wildman–Crippen LogP) is 2.45. The number of hydrogen-bond acceptors (Lipinski definition) is 3. The topological polar surface area (TPSA) is 43.4 Å². The van der Waals surface area contributed by atoms with Gasteiger partial charge in [-0.15, -0.1) is 0 Å². The van der Waals surface area contributed by atoms with Gasteiger partial charge in [-0.05, 0) is 13.3 Å². The van der Waals surface area contributed by atoms with Crippen LogP contribution in [0.2, 0.25) is 0 Å². The standard InChI is InChI=1S/C14H18O3/c1-3-5-6-7-8-9-10-13(11-12-15)14(16)17-4-2/h10-11H,3-7H2,1-2H3/b13-10+. The Morgan fingerprint density at radius 3 is 2.65 bits per heavy atom. The highest BCUT2D eigenvalue weighted by molar-refractivity contribution is 5.94. The maximum absolute atomic E-state index is 11.3. The third kappa shape index (κ3) is 8.07. The molecule has 0 rings (SSSR count). The zero-order chi connectivity index (χ0) is 12.9. The van der Waals surface area contributed by atoms with Crippen LogP contribution in [0.5, 0.6) is 0 Å². The first kappa shape index (κ1) is 15.2. The van der Waals surface area contributed by atoms with E-state index in [0.29, 0.717) is 0 Å². The first-order chi connectivity index (χ1) is 8.26. The summed E-state index contributed by atoms with van der Waals surface area (Å²) in [6.45, 7) is 4.10. The molecule has 0 fully saturated rings. The van der Waals surface area contributed by atoms with Gasteiger partial charge in [0.15, 0.2) is 0 Å². The minimum atomic E-state index is -0.543. The Balaban J connectivity index is 4.39. The minimum Gasteiger partial charge on any atom is -0.462 e. The third-order valence-electron chi connectivity index (χ3n) is 1.96. The summed E-state index contributed by atoms with van der Waals surface area (Å²) in [5.74, 6) is 6.68. The highest BCUT2D eigenvalue weighted by Gasteiger charge is 2.05. The second-order valence-electron chi connectivity index (χ2n) is 3.36. The molecule has 0 aromatic carbocycles. The number of allylic oxidation sites excluding steroid dienone is 1. The van der Waals surface area contributed by atoms with Crippen LogP contribution in [0.25, 0.3) is 0 Å². The molecule has 0 saturated heterocycles. The van der Waals surface area contributed by atoms with Crippen LogP contribution in [0.4, 0.5) is 0 Å². The fraction of sp³-hybridized carbons (Fsp3) is 0.500. The van der Waals surface area contributed by atoms with Crippen LogP contribution in [0.3, 0.4) is 0 Å². The molecular formula is C14H18O3. The molecule has 0 spiro atoms. The molecule has 0 saturated carbocycles. The molecule has 0 bridgehead atoms. The number of unbranched alkanes of at least 4 members (excludes halogenated alkanes) is 3. The number of carbonyl (C=O) groups is 1. The molecular weight excluding hydrogens is 216 g/mol. The van der Waals surface area contributed by atoms with Gasteiger partial charge in [-0.2, -0.15) is 0 Å². The maximum Gasteiger partial charge on any atom is 0.339 e. The zero-order valence-electron chi connectivity index (χ0n) is 10.4. The molecule has 0 amide bonds. The number of hydrogen-bond donors (Lipinski definition) is 0. The van der Waals surface area contributed by atoms with E-state index in [9.17, 15) is 9.59 Å². The van der Waals surface area contributed by atoms with E-state index in [1.807, 2.05) is 0 Å². The van der Waals surface area contributed by atoms with Crippen LogP contribution in [0.15, 0.2) is 17.7 Å². The molecule has 0 heterocycles. The summed E-state index contributed by atoms with van der Waals surface area (Å²) in [5.41, 5.74) is 0.143. The van der Waals surface area contributed by atoms with Gasteiger partial charge in [-0.25, -0.2) is 9.59 Å². The van der Waals surface area contributed by atoms with Crippen molar-refractivity contribution < 1.29 is 14.3 Å². The fourth-order valence-electron chi connectivity index (χ4n) is 1.10. The van der Waals surface area contributed by atoms with Gasteiger partial charge in [0.25, 0.3) is 0 Å². The van der Waals surface area contributed by atoms with Gasteiger partial charge in [0, 0.05) is 18.6 Å². The number of carbonyl (C=O) groups excluding carboxylic acids is 2. The van der Waals surface area contributed by atoms with E-state index in [-0.39, 0.29) is 12.2 Å². The molecule has 17 heavy (non-hydrogen) atoms. The van der Waals surface area contributed by atoms with E-state index >= 15 is 0 Å². The second-order valence-corrected chi connectivity index (χ2v) is 3.36. The molecule has 92 valence electrons. The van der Waals surface area contributed by atoms with Gasteiger partial charge in [0.2, 0.25) is 0 Å². The molecule has 0 aliphatic heterocycles. The molecule has 0 aromatic rings. The predicted molar refractivity (Wildman–Crippen MR) is 66.9 cm³/mol. The molecule has 0 atom stereocenters. The van der Waals surface area contributed by atoms with Crippen LogP contribution in [0, 0.1) is 11.8 Å². The van der Waals surface area contributed by atoms with Gasteiger partial charge in [-0.3, -0.25) is 0 Å². The quantitative estimate of drug-likeness (QED) is 0.177. The van der Waals surface area contributed by atoms with Crippen molar-refractivity contribution >= 4 is 11.9 Å². The summed E-state index contributed by atoms with van der Waals surface area (Å²) < 4.78 is 4.77. The number of esters is 1. The van der Waals surface area contributed by atoms with Crippen LogP contribution < -0.4 is 0 Å². The highest BCUT2D eigenvalue weighted by atomic mass is 16.5. The summed E-state index contributed by atoms with van der Waals surface area (Å²) in [5, 5.41) is 0. The van der Waals surface area contributed by atoms with Crippen molar-refractivity contribution in [2.24, 2.45) is 0 Å². The van der Waals surface area contributed by atoms with Crippen LogP contribution in [0.1, 0.15) is 39.5 Å². The van der Waals surface area contributed by atoms with E-state index in [0.717, 1.165) is 31.8 Å². The molecule has 0 unspecified atom stereocenters. The Morgan fingerprint density at radius 2 is 2.06 bits per heavy atom. The lowest BCUT2D eigenvalue weighted by atomic mass is 10.2. The van der Waals surface area contributed by atoms with Gasteiger partial charge >= 0.3 is 5.97 Å². The van der Waals surface area contributed by atoms with Crippen LogP contribution in [-0.4, -0.2) is 18.5 Å². The van der Waals surface area contributed by atoms with Crippen molar-refractivity contribution in [1.29, 1.82) is 0 Å². The van der Waals surface area contributed by atoms with E-state index in [1.165, 1.54) is 6.08 Å². The van der Waals surface area contributed by atoms with Crippen molar-refractivity contribution in [3.05, 3.63) is 17.7 Å². The molecule has 0 radical (unpaired) electrons. The normalized spacial score (nSPS) is 9.88. The Hall–Kier alpha value is -1.78. The zero-order valence-corrected chi connectivity index (χ0v) is 10.4. The Morgan fingerprint density at radius 1 is 1.29 bits per heavy atom. The van der Waals surface area contributed by atoms with E-state index < -0.39 is 5.97 Å². The molecule has 0 aliphatic carbocycles. The smallest absolute Gasteiger partial charge is 0.339 e. The fourth-order valence-corrected chi connectivity index (χ4v) is 1.10. The molecule has 0 aliphatic rings. The highest BCUT2D eigenvalue weighted by Crippen LogP contribution is 1.99. The summed E-state index contributed by atoms with van der Waals surface area (Å²) in [6.07, 6.45) is 6.59. The van der Waals surface area contributed by atoms with Crippen molar-refractivity contribution in [2.75, 3.05) is 6.61 Å². The van der Waals surface area contributed by atoms with Crippen molar-refractivity contribution in [3.8, 4) is 11.8 Å². The number of ether oxygens (including phenoxy) is 1. The average molecular weight is 234 g/mol. The van der Waals surface area contributed by atoms with Gasteiger partial charge in [0.05, 0.1) is 12.2 Å². The lowest BCUT2D eigenvalue weighted by Crippen LogP contribution is -2.05. The lowest BCUT2D eigenvalue weighted by Gasteiger charge is -1.98. The van der Waals surface area contributed by atoms with Gasteiger partial charge in [0.1, 0.15) is 5.94 Å². The summed E-state index contributed by atoms with van der Waals surface area (Å²) in [6, 6.07) is 0. The van der Waals surface area contributed by atoms with E-state index in [2.05, 4.69) is 18.8 Å². The lowest BCUT2D eigenvalue weighted by molar-refractivity contribution is -0.138. The third-order valence-corrected chi connectivity index (χ3v) is 1.96. The Kier molecular flexibility index (Phi) is 9.61. The minimum absolute atomic E-state index is 0.143. The first-order valence-corrected chi connectivity index (χ1v) is 5.82. The van der Waals surface area contributed by atoms with Crippen molar-refractivity contribution in [1.82, 2.24) is 0 Å². The molecule has 3 heteroatoms. The maximum atomic E-state index is 11.3. The average Bonchev–Trinajstić information content (AvgIpc) is 2.32. The Labute approximate surface area is 103 Å².